The van der Waals surface area contributed by atoms with Crippen molar-refractivity contribution in [2.45, 2.75) is 6.92 Å². The molecule has 4 aromatic rings. The molecule has 0 amide bonds. The molecule has 5 heterocycles. The van der Waals surface area contributed by atoms with E-state index in [4.69, 9.17) is 25.2 Å². The summed E-state index contributed by atoms with van der Waals surface area (Å²) in [4.78, 5) is 18.6. The molecule has 0 radical (unpaired) electrons. The summed E-state index contributed by atoms with van der Waals surface area (Å²) in [6.45, 7) is 7.46. The van der Waals surface area contributed by atoms with Crippen LogP contribution in [0.5, 0.6) is 0 Å². The second kappa shape index (κ2) is 9.91. The average Bonchev–Trinajstić information content (AvgIpc) is 2.95. The number of ether oxygens (including phenoxy) is 2. The molecule has 190 valence electrons. The molecule has 0 aliphatic carbocycles. The van der Waals surface area contributed by atoms with Crippen molar-refractivity contribution >= 4 is 28.1 Å². The minimum Gasteiger partial charge on any atom is -0.398 e. The Morgan fingerprint density at radius 2 is 1.62 bits per heavy atom. The van der Waals surface area contributed by atoms with Crippen LogP contribution in [0, 0.1) is 12.7 Å². The Kier molecular flexibility index (Phi) is 6.31. The van der Waals surface area contributed by atoms with Crippen LogP contribution in [0.3, 0.4) is 0 Å². The van der Waals surface area contributed by atoms with Crippen LogP contribution in [-0.4, -0.2) is 67.6 Å². The minimum absolute atomic E-state index is 0.380. The fourth-order valence-electron chi connectivity index (χ4n) is 5.11. The summed E-state index contributed by atoms with van der Waals surface area (Å²) in [5, 5.41) is 0.717. The Labute approximate surface area is 214 Å². The van der Waals surface area contributed by atoms with Crippen molar-refractivity contribution in [1.29, 1.82) is 0 Å². The molecule has 0 bridgehead atoms. The summed E-state index contributed by atoms with van der Waals surface area (Å²) >= 11 is 0. The number of nitrogens with zero attached hydrogens (tertiary/aromatic N) is 5. The molecule has 37 heavy (non-hydrogen) atoms. The molecule has 2 fully saturated rings. The van der Waals surface area contributed by atoms with Crippen molar-refractivity contribution < 1.29 is 13.9 Å². The van der Waals surface area contributed by atoms with E-state index in [1.807, 2.05) is 31.3 Å². The van der Waals surface area contributed by atoms with Crippen molar-refractivity contribution in [1.82, 2.24) is 15.0 Å². The second-order valence-electron chi connectivity index (χ2n) is 9.33. The lowest BCUT2D eigenvalue weighted by molar-refractivity contribution is 0.122. The van der Waals surface area contributed by atoms with Crippen LogP contribution in [0.15, 0.2) is 48.8 Å². The summed E-state index contributed by atoms with van der Waals surface area (Å²) in [7, 11) is 0. The largest absolute Gasteiger partial charge is 0.398 e. The first-order valence-corrected chi connectivity index (χ1v) is 12.6. The van der Waals surface area contributed by atoms with Crippen LogP contribution in [0.4, 0.5) is 21.6 Å². The summed E-state index contributed by atoms with van der Waals surface area (Å²) in [5.74, 6) is 0.410. The van der Waals surface area contributed by atoms with Crippen molar-refractivity contribution in [3.63, 3.8) is 0 Å². The molecule has 0 atom stereocenters. The molecule has 2 aliphatic heterocycles. The monoisotopic (exact) mass is 500 g/mol. The summed E-state index contributed by atoms with van der Waals surface area (Å²) in [6, 6.07) is 10.7. The van der Waals surface area contributed by atoms with Gasteiger partial charge in [0.1, 0.15) is 11.6 Å². The SMILES string of the molecule is Cc1c(-c2ccccn2)nc2cc(F)cc(-c3cc(N4CCOCC4)cnc3N3CCOCC3)c2c1N. The maximum atomic E-state index is 15.2. The van der Waals surface area contributed by atoms with Gasteiger partial charge in [-0.3, -0.25) is 4.98 Å². The molecule has 0 spiro atoms. The van der Waals surface area contributed by atoms with Gasteiger partial charge in [0.25, 0.3) is 0 Å². The Morgan fingerprint density at radius 3 is 2.32 bits per heavy atom. The number of halogens is 1. The lowest BCUT2D eigenvalue weighted by atomic mass is 9.95. The zero-order valence-corrected chi connectivity index (χ0v) is 20.8. The molecule has 6 rings (SSSR count). The van der Waals surface area contributed by atoms with Gasteiger partial charge in [0, 0.05) is 60.6 Å². The number of aromatic nitrogens is 3. The number of nitrogens with two attached hydrogens (primary N) is 1. The van der Waals surface area contributed by atoms with Crippen LogP contribution in [0.1, 0.15) is 5.56 Å². The number of hydrogen-bond donors (Lipinski definition) is 1. The lowest BCUT2D eigenvalue weighted by Gasteiger charge is -2.32. The van der Waals surface area contributed by atoms with Gasteiger partial charge in [0.2, 0.25) is 0 Å². The molecule has 3 aromatic heterocycles. The number of fused-ring (bicyclic) bond motifs is 1. The van der Waals surface area contributed by atoms with Gasteiger partial charge < -0.3 is 25.0 Å². The first-order chi connectivity index (χ1) is 18.1. The molecule has 9 heteroatoms. The normalized spacial score (nSPS) is 16.4. The first-order valence-electron chi connectivity index (χ1n) is 12.6. The third-order valence-electron chi connectivity index (χ3n) is 7.08. The van der Waals surface area contributed by atoms with Crippen molar-refractivity contribution in [3.05, 3.63) is 60.2 Å². The number of nitrogen functional groups attached to an aromatic ring is 1. The molecule has 8 nitrogen and oxygen atoms in total. The summed E-state index contributed by atoms with van der Waals surface area (Å²) in [6.07, 6.45) is 3.61. The highest BCUT2D eigenvalue weighted by Crippen LogP contribution is 2.41. The number of anilines is 3. The number of rotatable bonds is 4. The lowest BCUT2D eigenvalue weighted by Crippen LogP contribution is -2.38. The minimum atomic E-state index is -0.380. The second-order valence-corrected chi connectivity index (χ2v) is 9.33. The van der Waals surface area contributed by atoms with Crippen LogP contribution >= 0.6 is 0 Å². The van der Waals surface area contributed by atoms with E-state index in [1.165, 1.54) is 6.07 Å². The molecule has 1 aromatic carbocycles. The fourth-order valence-corrected chi connectivity index (χ4v) is 5.11. The van der Waals surface area contributed by atoms with E-state index in [0.29, 0.717) is 73.1 Å². The Morgan fingerprint density at radius 1 is 0.892 bits per heavy atom. The standard InChI is InChI=1S/C28H29FN6O2/c1-18-26(30)25-21(14-19(29)15-24(25)33-27(18)23-4-2-3-5-31-23)22-16-20(34-6-10-36-11-7-34)17-32-28(22)35-8-12-37-13-9-35/h2-5,14-17H,6-13H2,1H3,(H2,30,33). The van der Waals surface area contributed by atoms with Crippen LogP contribution in [0.25, 0.3) is 33.4 Å². The van der Waals surface area contributed by atoms with Crippen LogP contribution in [0.2, 0.25) is 0 Å². The Hall–Kier alpha value is -3.82. The Bertz CT molecular complexity index is 1440. The zero-order chi connectivity index (χ0) is 25.4. The van der Waals surface area contributed by atoms with E-state index in [2.05, 4.69) is 20.9 Å². The van der Waals surface area contributed by atoms with Crippen LogP contribution in [-0.2, 0) is 9.47 Å². The van der Waals surface area contributed by atoms with Crippen molar-refractivity contribution in [2.75, 3.05) is 68.1 Å². The van der Waals surface area contributed by atoms with E-state index < -0.39 is 0 Å². The Balaban J connectivity index is 1.58. The van der Waals surface area contributed by atoms with E-state index in [9.17, 15) is 0 Å². The smallest absolute Gasteiger partial charge is 0.136 e. The van der Waals surface area contributed by atoms with E-state index in [0.717, 1.165) is 35.7 Å². The average molecular weight is 501 g/mol. The summed E-state index contributed by atoms with van der Waals surface area (Å²) in [5.41, 5.74) is 12.5. The third-order valence-corrected chi connectivity index (χ3v) is 7.08. The molecular formula is C28H29FN6O2. The zero-order valence-electron chi connectivity index (χ0n) is 20.8. The number of benzene rings is 1. The van der Waals surface area contributed by atoms with Gasteiger partial charge in [-0.15, -0.1) is 0 Å². The maximum absolute atomic E-state index is 15.2. The van der Waals surface area contributed by atoms with E-state index in [-0.39, 0.29) is 5.82 Å². The van der Waals surface area contributed by atoms with Crippen molar-refractivity contribution in [3.8, 4) is 22.5 Å². The highest BCUT2D eigenvalue weighted by molar-refractivity contribution is 6.06. The number of morpholine rings is 2. The van der Waals surface area contributed by atoms with Gasteiger partial charge >= 0.3 is 0 Å². The predicted octanol–water partition coefficient (Wildman–Crippen LogP) is 4.06. The van der Waals surface area contributed by atoms with Gasteiger partial charge in [0.15, 0.2) is 0 Å². The van der Waals surface area contributed by atoms with Gasteiger partial charge in [-0.1, -0.05) is 6.07 Å². The first kappa shape index (κ1) is 23.6. The molecule has 2 saturated heterocycles. The highest BCUT2D eigenvalue weighted by atomic mass is 19.1. The highest BCUT2D eigenvalue weighted by Gasteiger charge is 2.24. The fraction of sp³-hybridized carbons (Fsp3) is 0.321. The third kappa shape index (κ3) is 4.45. The molecule has 2 aliphatic rings. The van der Waals surface area contributed by atoms with Crippen molar-refractivity contribution in [2.24, 2.45) is 0 Å². The quantitative estimate of drug-likeness (QED) is 0.449. The van der Waals surface area contributed by atoms with Gasteiger partial charge in [-0.25, -0.2) is 14.4 Å². The molecule has 0 unspecified atom stereocenters. The molecule has 2 N–H and O–H groups in total. The van der Waals surface area contributed by atoms with Gasteiger partial charge in [-0.05, 0) is 36.8 Å². The van der Waals surface area contributed by atoms with Crippen LogP contribution < -0.4 is 15.5 Å². The predicted molar refractivity (Wildman–Crippen MR) is 143 cm³/mol. The summed E-state index contributed by atoms with van der Waals surface area (Å²) < 4.78 is 26.3. The van der Waals surface area contributed by atoms with Gasteiger partial charge in [0.05, 0.1) is 55.2 Å². The van der Waals surface area contributed by atoms with E-state index >= 15 is 4.39 Å². The van der Waals surface area contributed by atoms with Gasteiger partial charge in [-0.2, -0.15) is 0 Å². The molecule has 0 saturated carbocycles. The number of hydrogen-bond acceptors (Lipinski definition) is 8. The molecular weight excluding hydrogens is 471 g/mol. The maximum Gasteiger partial charge on any atom is 0.136 e. The topological polar surface area (TPSA) is 89.6 Å². The number of pyridine rings is 3. The van der Waals surface area contributed by atoms with E-state index in [1.54, 1.807) is 12.3 Å².